The number of nitrogens with zero attached hydrogens (tertiary/aromatic N) is 4. The molecular weight excluding hydrogens is 432 g/mol. The predicted octanol–water partition coefficient (Wildman–Crippen LogP) is 4.78. The van der Waals surface area contributed by atoms with Gasteiger partial charge in [0.05, 0.1) is 25.3 Å². The number of hydrogen-bond donors (Lipinski definition) is 0. The molecule has 0 bridgehead atoms. The second-order valence-electron chi connectivity index (χ2n) is 7.98. The number of carbonyl (C=O) groups is 1. The van der Waals surface area contributed by atoms with Gasteiger partial charge < -0.3 is 18.8 Å². The Morgan fingerprint density at radius 3 is 2.47 bits per heavy atom. The Hall–Kier alpha value is -4.07. The molecule has 0 unspecified atom stereocenters. The van der Waals surface area contributed by atoms with E-state index in [0.29, 0.717) is 29.4 Å². The van der Waals surface area contributed by atoms with E-state index in [0.717, 1.165) is 39.9 Å². The molecule has 8 heteroatoms. The van der Waals surface area contributed by atoms with E-state index in [1.165, 1.54) is 0 Å². The Morgan fingerprint density at radius 1 is 0.941 bits per heavy atom. The summed E-state index contributed by atoms with van der Waals surface area (Å²) < 4.78 is 20.6. The first-order valence-corrected chi connectivity index (χ1v) is 11.3. The number of imidazole rings is 1. The van der Waals surface area contributed by atoms with Gasteiger partial charge in [-0.3, -0.25) is 9.20 Å². The fourth-order valence-electron chi connectivity index (χ4n) is 4.28. The number of methoxy groups -OCH3 is 2. The standard InChI is InChI=1S/C26H26N4O4/c1-5-22-28-25-24(26-27-17-9-7-8-10-18(17)30(22)26)21(34-23(31)6-2)15-29(25)14-16-11-12-19(32-3)20(13-16)33-4/h7-13,15H,5-6,14H2,1-4H3. The normalized spacial score (nSPS) is 11.4. The Kier molecular flexibility index (Phi) is 5.57. The Labute approximate surface area is 196 Å². The number of benzene rings is 2. The number of ether oxygens (including phenoxy) is 3. The number of aryl methyl sites for hydroxylation is 1. The molecule has 0 radical (unpaired) electrons. The average Bonchev–Trinajstić information content (AvgIpc) is 3.41. The van der Waals surface area contributed by atoms with Crippen LogP contribution in [0.4, 0.5) is 0 Å². The zero-order chi connectivity index (χ0) is 23.8. The quantitative estimate of drug-likeness (QED) is 0.327. The van der Waals surface area contributed by atoms with Crippen LogP contribution in [-0.2, 0) is 17.8 Å². The zero-order valence-electron chi connectivity index (χ0n) is 19.7. The highest BCUT2D eigenvalue weighted by molar-refractivity contribution is 6.01. The number of hydrogen-bond acceptors (Lipinski definition) is 6. The molecule has 0 aliphatic rings. The van der Waals surface area contributed by atoms with Crippen molar-refractivity contribution < 1.29 is 19.0 Å². The maximum absolute atomic E-state index is 12.3. The lowest BCUT2D eigenvalue weighted by Crippen LogP contribution is -2.06. The smallest absolute Gasteiger partial charge is 0.310 e. The summed E-state index contributed by atoms with van der Waals surface area (Å²) >= 11 is 0. The van der Waals surface area contributed by atoms with E-state index < -0.39 is 0 Å². The van der Waals surface area contributed by atoms with Crippen molar-refractivity contribution in [3.63, 3.8) is 0 Å². The molecule has 0 saturated carbocycles. The van der Waals surface area contributed by atoms with Crippen molar-refractivity contribution in [3.05, 3.63) is 60.0 Å². The van der Waals surface area contributed by atoms with Crippen LogP contribution in [0.15, 0.2) is 48.7 Å². The van der Waals surface area contributed by atoms with Gasteiger partial charge >= 0.3 is 5.97 Å². The van der Waals surface area contributed by atoms with Gasteiger partial charge in [0.1, 0.15) is 16.9 Å². The number of para-hydroxylation sites is 2. The molecule has 0 aliphatic carbocycles. The highest BCUT2D eigenvalue weighted by Crippen LogP contribution is 2.35. The van der Waals surface area contributed by atoms with E-state index in [1.807, 2.05) is 53.2 Å². The largest absolute Gasteiger partial charge is 0.493 e. The topological polar surface area (TPSA) is 79.9 Å². The second kappa shape index (κ2) is 8.70. The molecule has 2 aromatic carbocycles. The summed E-state index contributed by atoms with van der Waals surface area (Å²) in [7, 11) is 3.23. The molecule has 174 valence electrons. The molecular formula is C26H26N4O4. The van der Waals surface area contributed by atoms with Gasteiger partial charge in [-0.1, -0.05) is 32.0 Å². The number of fused-ring (bicyclic) bond motifs is 5. The average molecular weight is 459 g/mol. The van der Waals surface area contributed by atoms with Gasteiger partial charge in [0.15, 0.2) is 22.9 Å². The van der Waals surface area contributed by atoms with Crippen molar-refractivity contribution in [1.82, 2.24) is 18.9 Å². The number of rotatable bonds is 7. The van der Waals surface area contributed by atoms with Crippen molar-refractivity contribution in [2.45, 2.75) is 33.2 Å². The van der Waals surface area contributed by atoms with Gasteiger partial charge in [-0.25, -0.2) is 9.97 Å². The summed E-state index contributed by atoms with van der Waals surface area (Å²) in [5, 5.41) is 0.718. The SMILES string of the molecule is CCC(=O)Oc1cn(Cc2ccc(OC)c(OC)c2)c2nc(CC)n3c4ccccc4nc3c12. The third-order valence-corrected chi connectivity index (χ3v) is 5.92. The first kappa shape index (κ1) is 21.8. The maximum Gasteiger partial charge on any atom is 0.310 e. The molecule has 0 spiro atoms. The lowest BCUT2D eigenvalue weighted by atomic mass is 10.2. The number of aromatic nitrogens is 4. The molecule has 0 fully saturated rings. The molecule has 0 amide bonds. The molecule has 0 atom stereocenters. The minimum atomic E-state index is -0.306. The first-order valence-electron chi connectivity index (χ1n) is 11.3. The summed E-state index contributed by atoms with van der Waals surface area (Å²) in [4.78, 5) is 22.2. The lowest BCUT2D eigenvalue weighted by Gasteiger charge is -2.11. The second-order valence-corrected chi connectivity index (χ2v) is 7.98. The fourth-order valence-corrected chi connectivity index (χ4v) is 4.28. The van der Waals surface area contributed by atoms with Gasteiger partial charge in [0.25, 0.3) is 0 Å². The summed E-state index contributed by atoms with van der Waals surface area (Å²) in [6.45, 7) is 4.35. The predicted molar refractivity (Wildman–Crippen MR) is 130 cm³/mol. The molecule has 0 aliphatic heterocycles. The molecule has 0 saturated heterocycles. The summed E-state index contributed by atoms with van der Waals surface area (Å²) in [5.74, 6) is 2.35. The van der Waals surface area contributed by atoms with Crippen molar-refractivity contribution in [3.8, 4) is 17.2 Å². The highest BCUT2D eigenvalue weighted by Gasteiger charge is 2.22. The molecule has 5 aromatic rings. The van der Waals surface area contributed by atoms with Gasteiger partial charge in [-0.2, -0.15) is 0 Å². The van der Waals surface area contributed by atoms with Crippen molar-refractivity contribution in [1.29, 1.82) is 0 Å². The van der Waals surface area contributed by atoms with Gasteiger partial charge in [-0.05, 0) is 29.8 Å². The Balaban J connectivity index is 1.76. The van der Waals surface area contributed by atoms with Crippen LogP contribution < -0.4 is 14.2 Å². The minimum Gasteiger partial charge on any atom is -0.493 e. The van der Waals surface area contributed by atoms with Crippen LogP contribution in [0.25, 0.3) is 27.7 Å². The van der Waals surface area contributed by atoms with E-state index in [2.05, 4.69) is 11.3 Å². The molecule has 3 aromatic heterocycles. The van der Waals surface area contributed by atoms with Crippen LogP contribution in [0.3, 0.4) is 0 Å². The van der Waals surface area contributed by atoms with Gasteiger partial charge in [0, 0.05) is 25.6 Å². The van der Waals surface area contributed by atoms with Crippen LogP contribution in [0.5, 0.6) is 17.2 Å². The van der Waals surface area contributed by atoms with E-state index in [1.54, 1.807) is 21.1 Å². The Bertz CT molecular complexity index is 1530. The minimum absolute atomic E-state index is 0.273. The molecule has 34 heavy (non-hydrogen) atoms. The maximum atomic E-state index is 12.3. The van der Waals surface area contributed by atoms with Gasteiger partial charge in [-0.15, -0.1) is 0 Å². The van der Waals surface area contributed by atoms with Crippen LogP contribution in [-0.4, -0.2) is 39.1 Å². The molecule has 0 N–H and O–H groups in total. The van der Waals surface area contributed by atoms with Crippen LogP contribution in [0.1, 0.15) is 31.7 Å². The van der Waals surface area contributed by atoms with E-state index in [-0.39, 0.29) is 12.4 Å². The Morgan fingerprint density at radius 2 is 1.74 bits per heavy atom. The first-order chi connectivity index (χ1) is 16.6. The molecule has 8 nitrogen and oxygen atoms in total. The number of carbonyl (C=O) groups excluding carboxylic acids is 1. The molecule has 3 heterocycles. The summed E-state index contributed by atoms with van der Waals surface area (Å²) in [6, 6.07) is 13.7. The van der Waals surface area contributed by atoms with Crippen LogP contribution in [0.2, 0.25) is 0 Å². The zero-order valence-corrected chi connectivity index (χ0v) is 19.7. The highest BCUT2D eigenvalue weighted by atomic mass is 16.5. The van der Waals surface area contributed by atoms with Gasteiger partial charge in [0.2, 0.25) is 0 Å². The van der Waals surface area contributed by atoms with Crippen molar-refractivity contribution in [2.75, 3.05) is 14.2 Å². The third kappa shape index (κ3) is 3.51. The monoisotopic (exact) mass is 458 g/mol. The van der Waals surface area contributed by atoms with E-state index in [9.17, 15) is 4.79 Å². The fraction of sp³-hybridized carbons (Fsp3) is 0.269. The molecule has 5 rings (SSSR count). The summed E-state index contributed by atoms with van der Waals surface area (Å²) in [5.41, 5.74) is 4.29. The van der Waals surface area contributed by atoms with Crippen LogP contribution in [0, 0.1) is 0 Å². The van der Waals surface area contributed by atoms with Crippen molar-refractivity contribution in [2.24, 2.45) is 0 Å². The van der Waals surface area contributed by atoms with E-state index >= 15 is 0 Å². The third-order valence-electron chi connectivity index (χ3n) is 5.92. The van der Waals surface area contributed by atoms with E-state index in [4.69, 9.17) is 24.2 Å². The van der Waals surface area contributed by atoms with Crippen molar-refractivity contribution >= 4 is 33.7 Å². The number of esters is 1. The van der Waals surface area contributed by atoms with Crippen LogP contribution >= 0.6 is 0 Å². The summed E-state index contributed by atoms with van der Waals surface area (Å²) in [6.07, 6.45) is 2.83. The lowest BCUT2D eigenvalue weighted by molar-refractivity contribution is -0.133.